The van der Waals surface area contributed by atoms with Crippen molar-refractivity contribution in [3.63, 3.8) is 0 Å². The lowest BCUT2D eigenvalue weighted by atomic mass is 9.33. The van der Waals surface area contributed by atoms with Crippen molar-refractivity contribution >= 4 is 57.2 Å². The number of rotatable bonds is 2. The summed E-state index contributed by atoms with van der Waals surface area (Å²) in [4.78, 5) is 4.96. The van der Waals surface area contributed by atoms with Crippen molar-refractivity contribution in [3.8, 4) is 11.5 Å². The summed E-state index contributed by atoms with van der Waals surface area (Å²) in [5.41, 5.74) is 14.9. The molecule has 0 N–H and O–H groups in total. The molecule has 5 aromatic rings. The Kier molecular flexibility index (Phi) is 6.67. The van der Waals surface area contributed by atoms with Gasteiger partial charge in [0.25, 0.3) is 6.71 Å². The Morgan fingerprint density at radius 3 is 1.60 bits per heavy atom. The number of hydrogen-bond donors (Lipinski definition) is 0. The van der Waals surface area contributed by atoms with Crippen LogP contribution in [0.3, 0.4) is 0 Å². The minimum absolute atomic E-state index is 0.00409. The molecule has 0 unspecified atom stereocenters. The molecular weight excluding hydrogens is 587 g/mol. The molecule has 8 rings (SSSR count). The van der Waals surface area contributed by atoms with Crippen molar-refractivity contribution in [3.05, 3.63) is 114 Å². The van der Waals surface area contributed by atoms with Gasteiger partial charge in [-0.1, -0.05) is 105 Å². The van der Waals surface area contributed by atoms with Gasteiger partial charge in [-0.05, 0) is 97.9 Å². The van der Waals surface area contributed by atoms with E-state index in [1.807, 2.05) is 0 Å². The molecule has 0 aliphatic carbocycles. The van der Waals surface area contributed by atoms with Crippen molar-refractivity contribution in [2.24, 2.45) is 0 Å². The molecule has 0 bridgehead atoms. The van der Waals surface area contributed by atoms with Gasteiger partial charge < -0.3 is 19.3 Å². The fourth-order valence-corrected chi connectivity index (χ4v) is 7.53. The van der Waals surface area contributed by atoms with Gasteiger partial charge in [-0.2, -0.15) is 0 Å². The summed E-state index contributed by atoms with van der Waals surface area (Å²) < 4.78 is 12.0. The molecular formula is C43H45BN2O2. The van der Waals surface area contributed by atoms with Crippen LogP contribution < -0.4 is 35.7 Å². The highest BCUT2D eigenvalue weighted by Crippen LogP contribution is 2.48. The van der Waals surface area contributed by atoms with Crippen molar-refractivity contribution in [2.45, 2.75) is 78.6 Å². The normalized spacial score (nSPS) is 14.9. The lowest BCUT2D eigenvalue weighted by Gasteiger charge is -2.45. The Labute approximate surface area is 286 Å². The Hall–Kier alpha value is -4.64. The molecule has 0 aromatic heterocycles. The van der Waals surface area contributed by atoms with Crippen LogP contribution in [0.25, 0.3) is 0 Å². The third kappa shape index (κ3) is 4.81. The van der Waals surface area contributed by atoms with Crippen LogP contribution in [0.5, 0.6) is 11.5 Å². The Balaban J connectivity index is 1.50. The second kappa shape index (κ2) is 10.4. The average molecular weight is 633 g/mol. The Bertz CT molecular complexity index is 2060. The summed E-state index contributed by atoms with van der Waals surface area (Å²) in [6, 6.07) is 36.5. The lowest BCUT2D eigenvalue weighted by molar-refractivity contribution is 0.174. The average Bonchev–Trinajstić information content (AvgIpc) is 3.50. The smallest absolute Gasteiger partial charge is 0.252 e. The first-order valence-corrected chi connectivity index (χ1v) is 17.2. The lowest BCUT2D eigenvalue weighted by Crippen LogP contribution is -2.61. The fraction of sp³-hybridized carbons (Fsp3) is 0.302. The van der Waals surface area contributed by atoms with Gasteiger partial charge >= 0.3 is 0 Å². The van der Waals surface area contributed by atoms with Crippen LogP contribution in [0.1, 0.15) is 79.0 Å². The zero-order valence-electron chi connectivity index (χ0n) is 29.7. The number of benzene rings is 5. The largest absolute Gasteiger partial charge is 0.454 e. The van der Waals surface area contributed by atoms with E-state index in [9.17, 15) is 0 Å². The number of hydrogen-bond acceptors (Lipinski definition) is 4. The highest BCUT2D eigenvalue weighted by atomic mass is 16.7. The fourth-order valence-electron chi connectivity index (χ4n) is 7.53. The van der Waals surface area contributed by atoms with Crippen molar-refractivity contribution in [1.29, 1.82) is 0 Å². The molecule has 0 spiro atoms. The second-order valence-electron chi connectivity index (χ2n) is 16.7. The molecule has 5 aromatic carbocycles. The summed E-state index contributed by atoms with van der Waals surface area (Å²) >= 11 is 0. The summed E-state index contributed by atoms with van der Waals surface area (Å²) in [5.74, 6) is 1.61. The Morgan fingerprint density at radius 2 is 1.00 bits per heavy atom. The SMILES string of the molecule is CC(C)(C)c1ccc(N2c3ccc(C(C)(C)C)cc3B3c4cc5c(cc4N(c4ccccc4)c4cc(C(C)(C)C)cc2c43)OCO5)cc1. The first-order chi connectivity index (χ1) is 22.7. The molecule has 48 heavy (non-hydrogen) atoms. The third-order valence-electron chi connectivity index (χ3n) is 10.3. The first kappa shape index (κ1) is 30.7. The maximum Gasteiger partial charge on any atom is 0.252 e. The summed E-state index contributed by atoms with van der Waals surface area (Å²) in [7, 11) is 0. The molecule has 0 atom stereocenters. The molecule has 5 heteroatoms. The predicted octanol–water partition coefficient (Wildman–Crippen LogP) is 9.39. The first-order valence-electron chi connectivity index (χ1n) is 17.2. The van der Waals surface area contributed by atoms with Gasteiger partial charge in [0, 0.05) is 40.2 Å². The minimum Gasteiger partial charge on any atom is -0.454 e. The van der Waals surface area contributed by atoms with E-state index in [1.165, 1.54) is 55.8 Å². The molecule has 3 aliphatic rings. The molecule has 3 aliphatic heterocycles. The third-order valence-corrected chi connectivity index (χ3v) is 10.3. The van der Waals surface area contributed by atoms with Crippen LogP contribution in [0, 0.1) is 0 Å². The van der Waals surface area contributed by atoms with Crippen molar-refractivity contribution in [2.75, 3.05) is 16.6 Å². The van der Waals surface area contributed by atoms with E-state index in [0.29, 0.717) is 0 Å². The second-order valence-corrected chi connectivity index (χ2v) is 16.7. The minimum atomic E-state index is -0.0727. The molecule has 0 amide bonds. The van der Waals surface area contributed by atoms with E-state index in [0.717, 1.165) is 22.9 Å². The summed E-state index contributed by atoms with van der Waals surface area (Å²) in [6.07, 6.45) is 0. The maximum absolute atomic E-state index is 6.04. The van der Waals surface area contributed by atoms with Gasteiger partial charge in [0.15, 0.2) is 11.5 Å². The van der Waals surface area contributed by atoms with E-state index in [-0.39, 0.29) is 29.8 Å². The summed E-state index contributed by atoms with van der Waals surface area (Å²) in [6.45, 7) is 20.9. The molecule has 4 nitrogen and oxygen atoms in total. The molecule has 0 saturated carbocycles. The quantitative estimate of drug-likeness (QED) is 0.177. The number of ether oxygens (including phenoxy) is 2. The van der Waals surface area contributed by atoms with Crippen LogP contribution in [0.15, 0.2) is 97.1 Å². The molecule has 0 saturated heterocycles. The van der Waals surface area contributed by atoms with Crippen molar-refractivity contribution in [1.82, 2.24) is 0 Å². The van der Waals surface area contributed by atoms with Gasteiger partial charge in [-0.25, -0.2) is 0 Å². The maximum atomic E-state index is 6.04. The molecule has 0 radical (unpaired) electrons. The van der Waals surface area contributed by atoms with Crippen LogP contribution in [0.2, 0.25) is 0 Å². The number of para-hydroxylation sites is 1. The molecule has 0 fully saturated rings. The number of fused-ring (bicyclic) bond motifs is 5. The van der Waals surface area contributed by atoms with Crippen LogP contribution in [0.4, 0.5) is 34.1 Å². The Morgan fingerprint density at radius 1 is 0.479 bits per heavy atom. The van der Waals surface area contributed by atoms with Gasteiger partial charge in [-0.3, -0.25) is 0 Å². The summed E-state index contributed by atoms with van der Waals surface area (Å²) in [5, 5.41) is 0. The van der Waals surface area contributed by atoms with Crippen molar-refractivity contribution < 1.29 is 9.47 Å². The molecule has 3 heterocycles. The zero-order chi connectivity index (χ0) is 33.7. The zero-order valence-corrected chi connectivity index (χ0v) is 29.7. The van der Waals surface area contributed by atoms with Gasteiger partial charge in [0.2, 0.25) is 6.79 Å². The van der Waals surface area contributed by atoms with Crippen LogP contribution in [-0.2, 0) is 16.2 Å². The number of nitrogens with zero attached hydrogens (tertiary/aromatic N) is 2. The number of anilines is 6. The topological polar surface area (TPSA) is 24.9 Å². The highest BCUT2D eigenvalue weighted by Gasteiger charge is 2.45. The van der Waals surface area contributed by atoms with Crippen LogP contribution in [-0.4, -0.2) is 13.5 Å². The highest BCUT2D eigenvalue weighted by molar-refractivity contribution is 7.00. The van der Waals surface area contributed by atoms with E-state index in [2.05, 4.69) is 169 Å². The predicted molar refractivity (Wildman–Crippen MR) is 203 cm³/mol. The van der Waals surface area contributed by atoms with Gasteiger partial charge in [-0.15, -0.1) is 0 Å². The standard InChI is InChI=1S/C43H45BN2O2/c1-41(2,3)27-15-18-31(19-16-27)45-34-20-17-28(42(4,5)6)21-32(34)44-33-24-38-39(48-26-47-38)25-35(33)46(30-13-11-10-12-14-30)37-23-29(43(7,8)9)22-36(45)40(37)44/h10-25H,26H2,1-9H3. The molecule has 242 valence electrons. The van der Waals surface area contributed by atoms with E-state index >= 15 is 0 Å². The van der Waals surface area contributed by atoms with Crippen LogP contribution >= 0.6 is 0 Å². The van der Waals surface area contributed by atoms with E-state index in [1.54, 1.807) is 0 Å². The van der Waals surface area contributed by atoms with Gasteiger partial charge in [0.1, 0.15) is 0 Å². The van der Waals surface area contributed by atoms with E-state index < -0.39 is 0 Å². The monoisotopic (exact) mass is 632 g/mol. The van der Waals surface area contributed by atoms with E-state index in [4.69, 9.17) is 9.47 Å². The van der Waals surface area contributed by atoms with Gasteiger partial charge in [0.05, 0.1) is 0 Å².